The summed E-state index contributed by atoms with van der Waals surface area (Å²) in [6, 6.07) is 11.9. The van der Waals surface area contributed by atoms with E-state index in [1.165, 1.54) is 30.6 Å². The van der Waals surface area contributed by atoms with Gasteiger partial charge in [-0.2, -0.15) is 0 Å². The van der Waals surface area contributed by atoms with Crippen molar-refractivity contribution in [3.05, 3.63) is 81.1 Å². The first-order chi connectivity index (χ1) is 28.0. The number of carbonyl (C=O) groups is 5. The zero-order valence-electron chi connectivity index (χ0n) is 32.6. The molecule has 5 amide bonds. The Morgan fingerprint density at radius 1 is 0.879 bits per heavy atom. The molecule has 0 bridgehead atoms. The number of anilines is 5. The van der Waals surface area contributed by atoms with Gasteiger partial charge in [-0.25, -0.2) is 15.0 Å². The van der Waals surface area contributed by atoms with Crippen LogP contribution >= 0.6 is 22.9 Å². The number of nitrogens with one attached hydrogen (secondary N) is 3. The third-order valence-electron chi connectivity index (χ3n) is 11.8. The van der Waals surface area contributed by atoms with Crippen LogP contribution in [0.2, 0.25) is 5.02 Å². The van der Waals surface area contributed by atoms with Gasteiger partial charge in [0, 0.05) is 44.4 Å². The molecule has 3 fully saturated rings. The van der Waals surface area contributed by atoms with E-state index in [1.54, 1.807) is 24.4 Å². The summed E-state index contributed by atoms with van der Waals surface area (Å²) in [4.78, 5) is 83.2. The number of imide groups is 2. The molecule has 3 saturated heterocycles. The summed E-state index contributed by atoms with van der Waals surface area (Å²) >= 11 is 7.55. The molecular formula is C42H46ClN9O5S. The van der Waals surface area contributed by atoms with E-state index in [-0.39, 0.29) is 24.7 Å². The van der Waals surface area contributed by atoms with Gasteiger partial charge in [-0.15, -0.1) is 0 Å². The first-order valence-electron chi connectivity index (χ1n) is 20.0. The van der Waals surface area contributed by atoms with Crippen molar-refractivity contribution in [3.8, 4) is 0 Å². The Kier molecular flexibility index (Phi) is 11.4. The quantitative estimate of drug-likeness (QED) is 0.135. The Morgan fingerprint density at radius 2 is 1.59 bits per heavy atom. The van der Waals surface area contributed by atoms with Crippen LogP contribution in [-0.2, 0) is 9.59 Å². The Morgan fingerprint density at radius 3 is 2.29 bits per heavy atom. The van der Waals surface area contributed by atoms with Gasteiger partial charge in [0.15, 0.2) is 5.13 Å². The van der Waals surface area contributed by atoms with Gasteiger partial charge in [0.05, 0.1) is 28.0 Å². The summed E-state index contributed by atoms with van der Waals surface area (Å²) in [5.41, 5.74) is 3.02. The minimum absolute atomic E-state index is 0.0989. The first kappa shape index (κ1) is 39.4. The average Bonchev–Trinajstić information content (AvgIpc) is 3.78. The third-order valence-corrected chi connectivity index (χ3v) is 13.0. The molecule has 1 unspecified atom stereocenters. The molecule has 4 aromatic rings. The van der Waals surface area contributed by atoms with Crippen LogP contribution in [-0.4, -0.2) is 81.6 Å². The molecule has 2 aromatic heterocycles. The number of aryl methyl sites for hydroxylation is 2. The monoisotopic (exact) mass is 823 g/mol. The summed E-state index contributed by atoms with van der Waals surface area (Å²) in [5, 5.41) is 9.46. The highest BCUT2D eigenvalue weighted by Crippen LogP contribution is 2.35. The van der Waals surface area contributed by atoms with E-state index in [0.717, 1.165) is 73.8 Å². The second kappa shape index (κ2) is 16.8. The molecular weight excluding hydrogens is 778 g/mol. The van der Waals surface area contributed by atoms with Crippen LogP contribution in [0.25, 0.3) is 0 Å². The van der Waals surface area contributed by atoms with E-state index < -0.39 is 23.8 Å². The number of thiazole rings is 1. The highest BCUT2D eigenvalue weighted by molar-refractivity contribution is 7.17. The molecule has 58 heavy (non-hydrogen) atoms. The Balaban J connectivity index is 0.773. The van der Waals surface area contributed by atoms with E-state index in [2.05, 4.69) is 35.7 Å². The topological polar surface area (TPSA) is 170 Å². The molecule has 0 aliphatic carbocycles. The van der Waals surface area contributed by atoms with Gasteiger partial charge in [-0.05, 0) is 87.6 Å². The van der Waals surface area contributed by atoms with Crippen LogP contribution in [0.15, 0.2) is 48.7 Å². The predicted molar refractivity (Wildman–Crippen MR) is 223 cm³/mol. The van der Waals surface area contributed by atoms with E-state index in [0.29, 0.717) is 55.3 Å². The van der Waals surface area contributed by atoms with Crippen molar-refractivity contribution in [3.63, 3.8) is 0 Å². The number of benzene rings is 2. The van der Waals surface area contributed by atoms with Crippen molar-refractivity contribution in [2.45, 2.75) is 77.7 Å². The molecule has 1 atom stereocenters. The van der Waals surface area contributed by atoms with Crippen LogP contribution in [0.3, 0.4) is 0 Å². The third kappa shape index (κ3) is 8.42. The van der Waals surface area contributed by atoms with E-state index in [4.69, 9.17) is 16.6 Å². The minimum Gasteiger partial charge on any atom is -0.371 e. The highest BCUT2D eigenvalue weighted by Gasteiger charge is 2.45. The fourth-order valence-corrected chi connectivity index (χ4v) is 9.56. The van der Waals surface area contributed by atoms with Gasteiger partial charge in [-0.3, -0.25) is 34.2 Å². The second-order valence-electron chi connectivity index (χ2n) is 15.7. The smallest absolute Gasteiger partial charge is 0.267 e. The fraction of sp³-hybridized carbons (Fsp3) is 0.429. The summed E-state index contributed by atoms with van der Waals surface area (Å²) in [5.74, 6) is 1.30. The summed E-state index contributed by atoms with van der Waals surface area (Å²) in [6.45, 7) is 7.42. The summed E-state index contributed by atoms with van der Waals surface area (Å²) in [6.07, 6.45) is 9.78. The van der Waals surface area contributed by atoms with Crippen LogP contribution in [0.1, 0.15) is 99.6 Å². The lowest BCUT2D eigenvalue weighted by molar-refractivity contribution is -0.136. The number of hydrogen-bond donors (Lipinski definition) is 3. The van der Waals surface area contributed by atoms with Gasteiger partial charge < -0.3 is 20.4 Å². The first-order valence-corrected chi connectivity index (χ1v) is 21.2. The van der Waals surface area contributed by atoms with Gasteiger partial charge in [0.1, 0.15) is 28.4 Å². The molecule has 8 rings (SSSR count). The molecule has 6 heterocycles. The number of aromatic nitrogens is 3. The van der Waals surface area contributed by atoms with E-state index >= 15 is 0 Å². The van der Waals surface area contributed by atoms with Gasteiger partial charge >= 0.3 is 0 Å². The van der Waals surface area contributed by atoms with E-state index in [1.807, 2.05) is 38.1 Å². The number of carbonyl (C=O) groups excluding carboxylic acids is 5. The van der Waals surface area contributed by atoms with Gasteiger partial charge in [-0.1, -0.05) is 54.3 Å². The van der Waals surface area contributed by atoms with Gasteiger partial charge in [0.25, 0.3) is 17.7 Å². The second-order valence-corrected chi connectivity index (χ2v) is 17.1. The normalized spacial score (nSPS) is 19.1. The molecule has 302 valence electrons. The van der Waals surface area contributed by atoms with E-state index in [9.17, 15) is 24.0 Å². The molecule has 3 N–H and O–H groups in total. The SMILES string of the molecule is Cc1nc(Nc2ncc(C(=O)Nc3c(C)cccc3Cl)s2)cc(N2CCC(CCCC3CCN(c4ccc5c(c4)C(=O)N(C4CCC(=O)NC4=O)C5=O)CC3)CC2)n1. The maximum atomic E-state index is 13.3. The standard InChI is InChI=1S/C42H46ClN9O5S/c1-24-5-3-8-31(43)37(24)49-39(55)33-23-44-42(58-33)47-34-22-35(46-25(2)45-34)51-19-15-27(16-20-51)7-4-6-26-13-17-50(18-14-26)28-9-10-29-30(21-28)41(57)52(40(29)56)32-11-12-36(53)48-38(32)54/h3,5,8-10,21-23,26-27,32H,4,6-7,11-20H2,1-2H3,(H,49,55)(H,48,53,54)(H,44,45,46,47). The number of para-hydroxylation sites is 1. The van der Waals surface area contributed by atoms with Crippen LogP contribution in [0, 0.1) is 25.7 Å². The van der Waals surface area contributed by atoms with Crippen LogP contribution in [0.5, 0.6) is 0 Å². The lowest BCUT2D eigenvalue weighted by Crippen LogP contribution is -2.54. The maximum Gasteiger partial charge on any atom is 0.267 e. The Labute approximate surface area is 345 Å². The molecule has 0 radical (unpaired) electrons. The van der Waals surface area contributed by atoms with Crippen molar-refractivity contribution < 1.29 is 24.0 Å². The lowest BCUT2D eigenvalue weighted by Gasteiger charge is -2.35. The molecule has 2 aromatic carbocycles. The minimum atomic E-state index is -0.962. The molecule has 0 saturated carbocycles. The number of hydrogen-bond acceptors (Lipinski definition) is 12. The number of amides is 5. The zero-order chi connectivity index (χ0) is 40.5. The number of fused-ring (bicyclic) bond motifs is 1. The van der Waals surface area contributed by atoms with Crippen LogP contribution < -0.4 is 25.8 Å². The van der Waals surface area contributed by atoms with Crippen LogP contribution in [0.4, 0.5) is 28.1 Å². The summed E-state index contributed by atoms with van der Waals surface area (Å²) in [7, 11) is 0. The Hall–Kier alpha value is -5.41. The number of nitrogens with zero attached hydrogens (tertiary/aromatic N) is 6. The van der Waals surface area contributed by atoms with Crippen molar-refractivity contribution in [2.24, 2.45) is 11.8 Å². The molecule has 14 nitrogen and oxygen atoms in total. The van der Waals surface area contributed by atoms with Crippen molar-refractivity contribution in [1.29, 1.82) is 0 Å². The fourth-order valence-electron chi connectivity index (χ4n) is 8.57. The average molecular weight is 824 g/mol. The largest absolute Gasteiger partial charge is 0.371 e. The summed E-state index contributed by atoms with van der Waals surface area (Å²) < 4.78 is 0. The molecule has 4 aliphatic heterocycles. The van der Waals surface area contributed by atoms with Crippen molar-refractivity contribution >= 4 is 80.6 Å². The zero-order valence-corrected chi connectivity index (χ0v) is 34.1. The Bertz CT molecular complexity index is 2250. The number of halogens is 1. The van der Waals surface area contributed by atoms with Gasteiger partial charge in [0.2, 0.25) is 11.8 Å². The highest BCUT2D eigenvalue weighted by atomic mass is 35.5. The maximum absolute atomic E-state index is 13.3. The predicted octanol–water partition coefficient (Wildman–Crippen LogP) is 6.90. The lowest BCUT2D eigenvalue weighted by atomic mass is 9.86. The molecule has 0 spiro atoms. The number of rotatable bonds is 11. The van der Waals surface area contributed by atoms with Crippen molar-refractivity contribution in [2.75, 3.05) is 46.6 Å². The van der Waals surface area contributed by atoms with Crippen molar-refractivity contribution in [1.82, 2.24) is 25.2 Å². The molecule has 4 aliphatic rings. The number of piperidine rings is 3. The molecule has 16 heteroatoms.